The number of ether oxygens (including phenoxy) is 5. The lowest BCUT2D eigenvalue weighted by Gasteiger charge is -2.46. The van der Waals surface area contributed by atoms with Crippen molar-refractivity contribution in [3.8, 4) is 34.5 Å². The second-order valence-electron chi connectivity index (χ2n) is 13.9. The molecule has 4 aliphatic rings. The van der Waals surface area contributed by atoms with Gasteiger partial charge in [-0.15, -0.1) is 0 Å². The number of benzene rings is 3. The second kappa shape index (κ2) is 16.3. The first-order chi connectivity index (χ1) is 27.7. The number of hydrogen-bond acceptors (Lipinski definition) is 16. The average molecular weight is 801 g/mol. The Labute approximate surface area is 330 Å². The van der Waals surface area contributed by atoms with Crippen molar-refractivity contribution in [2.24, 2.45) is 15.0 Å². The van der Waals surface area contributed by atoms with Crippen LogP contribution in [0.15, 0.2) is 81.7 Å². The van der Waals surface area contributed by atoms with Crippen molar-refractivity contribution in [2.45, 2.75) is 68.8 Å². The molecule has 18 heteroatoms. The van der Waals surface area contributed by atoms with E-state index in [1.165, 1.54) is 36.7 Å². The van der Waals surface area contributed by atoms with E-state index in [-0.39, 0.29) is 54.1 Å². The molecule has 3 aromatic rings. The van der Waals surface area contributed by atoms with Crippen LogP contribution in [0.5, 0.6) is 34.5 Å². The maximum absolute atomic E-state index is 12.4. The highest BCUT2D eigenvalue weighted by atomic mass is 16.7. The molecule has 1 fully saturated rings. The average Bonchev–Trinajstić information content (AvgIpc) is 3.88. The number of phenols is 2. The topological polar surface area (TPSA) is 286 Å². The van der Waals surface area contributed by atoms with E-state index in [0.29, 0.717) is 29.0 Å². The third-order valence-corrected chi connectivity index (χ3v) is 9.84. The van der Waals surface area contributed by atoms with Crippen LogP contribution in [0.3, 0.4) is 0 Å². The Morgan fingerprint density at radius 1 is 1.05 bits per heavy atom. The van der Waals surface area contributed by atoms with Gasteiger partial charge in [0.25, 0.3) is 0 Å². The molecule has 1 unspecified atom stereocenters. The van der Waals surface area contributed by atoms with Crippen LogP contribution in [0.4, 0.5) is 0 Å². The van der Waals surface area contributed by atoms with Crippen molar-refractivity contribution in [3.05, 3.63) is 89.0 Å². The standard InChI is InChI=1S/C40H40N4O14/c1-2-19-9-20(11-23(45)10-19)16-55-35-30(57-39-34(49)36(50)40(53,37(58-39)38(51)52)14-22-15-42-18-43-22)13-29-32(33(35)48)26(46)12-28(56-29)21-3-5-24(6-4-21)54-17-27(47)25-7-8-31(41)44-25/h3-13,18,27-28,34,36-37,39,41,45-50,53H,2,14-17H2,1H3,(H,51,52)/t27-,28?,34+,36-,37+,39+,40-/m0/s1. The minimum absolute atomic E-state index is 0.0267. The molecule has 58 heavy (non-hydrogen) atoms. The number of nitrogens with one attached hydrogen (secondary N) is 1. The Kier molecular flexibility index (Phi) is 11.2. The fourth-order valence-electron chi connectivity index (χ4n) is 6.86. The van der Waals surface area contributed by atoms with Crippen LogP contribution in [0.25, 0.3) is 5.76 Å². The Balaban J connectivity index is 1.17. The lowest BCUT2D eigenvalue weighted by atomic mass is 9.80. The number of aliphatic imine (C=N–C) groups is 3. The number of carboxylic acid groups (broad SMARTS) is 1. The molecule has 3 aromatic carbocycles. The zero-order valence-electron chi connectivity index (χ0n) is 30.8. The lowest BCUT2D eigenvalue weighted by Crippen LogP contribution is -2.69. The van der Waals surface area contributed by atoms with Crippen LogP contribution in [0.1, 0.15) is 41.7 Å². The summed E-state index contributed by atoms with van der Waals surface area (Å²) in [4.78, 5) is 24.2. The van der Waals surface area contributed by atoms with E-state index in [1.54, 1.807) is 36.4 Å². The SMILES string of the molecule is CCc1cc(O)cc(COc2c(O[C@@H]3O[C@H](C(=O)O)[C@](O)(CC4=NC=NC4)[C@@H](O)[C@H]3O)cc3c(c2O)C(O)=CC(c2ccc(OC[C@H](O)C4=NC(=N)C=C4)cc2)O3)c1. The molecule has 18 nitrogen and oxygen atoms in total. The van der Waals surface area contributed by atoms with Crippen LogP contribution in [0, 0.1) is 5.41 Å². The highest BCUT2D eigenvalue weighted by Gasteiger charge is 2.59. The smallest absolute Gasteiger partial charge is 0.336 e. The molecular weight excluding hydrogens is 760 g/mol. The summed E-state index contributed by atoms with van der Waals surface area (Å²) >= 11 is 0. The molecule has 4 heterocycles. The van der Waals surface area contributed by atoms with Gasteiger partial charge in [0.15, 0.2) is 17.6 Å². The molecule has 7 atom stereocenters. The predicted molar refractivity (Wildman–Crippen MR) is 205 cm³/mol. The number of carboxylic acids is 1. The van der Waals surface area contributed by atoms with Crippen molar-refractivity contribution in [2.75, 3.05) is 13.2 Å². The van der Waals surface area contributed by atoms with Gasteiger partial charge in [-0.2, -0.15) is 0 Å². The van der Waals surface area contributed by atoms with E-state index < -0.39 is 72.1 Å². The van der Waals surface area contributed by atoms with E-state index in [2.05, 4.69) is 15.0 Å². The highest BCUT2D eigenvalue weighted by molar-refractivity contribution is 6.15. The van der Waals surface area contributed by atoms with Crippen LogP contribution in [-0.2, 0) is 22.6 Å². The molecule has 9 N–H and O–H groups in total. The molecule has 0 aromatic heterocycles. The predicted octanol–water partition coefficient (Wildman–Crippen LogP) is 2.51. The summed E-state index contributed by atoms with van der Waals surface area (Å²) in [5.74, 6) is -3.30. The lowest BCUT2D eigenvalue weighted by molar-refractivity contribution is -0.303. The van der Waals surface area contributed by atoms with Gasteiger partial charge in [0.2, 0.25) is 12.0 Å². The molecular formula is C40H40N4O14. The summed E-state index contributed by atoms with van der Waals surface area (Å²) in [5.41, 5.74) is -0.408. The maximum Gasteiger partial charge on any atom is 0.336 e. The van der Waals surface area contributed by atoms with E-state index in [1.807, 2.05) is 6.92 Å². The number of phenolic OH excluding ortho intramolecular Hbond substituents is 2. The van der Waals surface area contributed by atoms with Crippen molar-refractivity contribution < 1.29 is 69.3 Å². The summed E-state index contributed by atoms with van der Waals surface area (Å²) in [6, 6.07) is 12.5. The van der Waals surface area contributed by atoms with Gasteiger partial charge in [-0.3, -0.25) is 10.4 Å². The fraction of sp³-hybridized carbons (Fsp3) is 0.325. The summed E-state index contributed by atoms with van der Waals surface area (Å²) in [6.45, 7) is 1.55. The minimum atomic E-state index is -2.55. The third kappa shape index (κ3) is 8.09. The van der Waals surface area contributed by atoms with E-state index in [4.69, 9.17) is 29.1 Å². The molecule has 1 saturated heterocycles. The number of aliphatic hydroxyl groups is 5. The normalized spacial score (nSPS) is 25.3. The van der Waals surface area contributed by atoms with Crippen LogP contribution >= 0.6 is 0 Å². The van der Waals surface area contributed by atoms with Gasteiger partial charge in [0.05, 0.1) is 12.3 Å². The first-order valence-corrected chi connectivity index (χ1v) is 18.1. The molecule has 4 aliphatic heterocycles. The number of amidine groups is 1. The van der Waals surface area contributed by atoms with Crippen LogP contribution in [0.2, 0.25) is 0 Å². The number of aliphatic carboxylic acids is 1. The Hall–Kier alpha value is -6.31. The molecule has 0 saturated carbocycles. The number of aromatic hydroxyl groups is 2. The van der Waals surface area contributed by atoms with Crippen molar-refractivity contribution in [3.63, 3.8) is 0 Å². The Morgan fingerprint density at radius 3 is 2.48 bits per heavy atom. The van der Waals surface area contributed by atoms with E-state index in [9.17, 15) is 45.6 Å². The fourth-order valence-corrected chi connectivity index (χ4v) is 6.86. The molecule has 0 bridgehead atoms. The van der Waals surface area contributed by atoms with Crippen molar-refractivity contribution >= 4 is 35.3 Å². The summed E-state index contributed by atoms with van der Waals surface area (Å²) < 4.78 is 29.4. The number of hydrogen-bond donors (Lipinski definition) is 9. The van der Waals surface area contributed by atoms with Gasteiger partial charge in [-0.1, -0.05) is 25.1 Å². The van der Waals surface area contributed by atoms with E-state index >= 15 is 0 Å². The van der Waals surface area contributed by atoms with Gasteiger partial charge in [0.1, 0.15) is 84.0 Å². The zero-order chi connectivity index (χ0) is 41.3. The molecule has 304 valence electrons. The van der Waals surface area contributed by atoms with E-state index in [0.717, 1.165) is 5.56 Å². The number of rotatable bonds is 14. The van der Waals surface area contributed by atoms with Gasteiger partial charge >= 0.3 is 5.97 Å². The molecule has 0 aliphatic carbocycles. The first kappa shape index (κ1) is 39.9. The van der Waals surface area contributed by atoms with Gasteiger partial charge < -0.3 is 64.5 Å². The van der Waals surface area contributed by atoms with Crippen LogP contribution in [-0.4, -0.2) is 120 Å². The third-order valence-electron chi connectivity index (χ3n) is 9.84. The largest absolute Gasteiger partial charge is 0.508 e. The first-order valence-electron chi connectivity index (χ1n) is 18.1. The van der Waals surface area contributed by atoms with Crippen LogP contribution < -0.4 is 18.9 Å². The zero-order valence-corrected chi connectivity index (χ0v) is 30.8. The second-order valence-corrected chi connectivity index (χ2v) is 13.9. The summed E-state index contributed by atoms with van der Waals surface area (Å²) in [7, 11) is 0. The minimum Gasteiger partial charge on any atom is -0.508 e. The van der Waals surface area contributed by atoms with Gasteiger partial charge in [-0.05, 0) is 59.5 Å². The Bertz CT molecular complexity index is 2250. The molecule has 0 amide bonds. The number of aryl methyl sites for hydroxylation is 1. The van der Waals surface area contributed by atoms with Crippen molar-refractivity contribution in [1.82, 2.24) is 0 Å². The number of fused-ring (bicyclic) bond motifs is 1. The number of aliphatic hydroxyl groups excluding tert-OH is 4. The number of carbonyl (C=O) groups is 1. The maximum atomic E-state index is 12.4. The quantitative estimate of drug-likeness (QED) is 0.113. The van der Waals surface area contributed by atoms with Crippen molar-refractivity contribution in [1.29, 1.82) is 5.41 Å². The monoisotopic (exact) mass is 800 g/mol. The van der Waals surface area contributed by atoms with Gasteiger partial charge in [0, 0.05) is 24.3 Å². The Morgan fingerprint density at radius 2 is 1.81 bits per heavy atom. The molecule has 7 rings (SSSR count). The summed E-state index contributed by atoms with van der Waals surface area (Å²) in [6.07, 6.45) is -4.69. The molecule has 0 radical (unpaired) electrons. The molecule has 0 spiro atoms. The van der Waals surface area contributed by atoms with Gasteiger partial charge in [-0.25, -0.2) is 14.8 Å². The highest BCUT2D eigenvalue weighted by Crippen LogP contribution is 2.51. The summed E-state index contributed by atoms with van der Waals surface area (Å²) in [5, 5.41) is 95.0. The number of nitrogens with zero attached hydrogens (tertiary/aromatic N) is 3.